The highest BCUT2D eigenvalue weighted by Crippen LogP contribution is 2.32. The summed E-state index contributed by atoms with van der Waals surface area (Å²) in [5.74, 6) is 0.570. The van der Waals surface area contributed by atoms with Crippen LogP contribution >= 0.6 is 11.6 Å². The molecule has 3 nitrogen and oxygen atoms in total. The summed E-state index contributed by atoms with van der Waals surface area (Å²) in [5.41, 5.74) is 2.25. The lowest BCUT2D eigenvalue weighted by Crippen LogP contribution is -2.31. The first-order chi connectivity index (χ1) is 7.93. The SMILES string of the molecule is CNC(C)C(=O)c1c(OC)cc(C)c(Cl)c1C. The summed E-state index contributed by atoms with van der Waals surface area (Å²) in [6, 6.07) is 1.53. The normalized spacial score (nSPS) is 12.4. The molecule has 1 atom stereocenters. The summed E-state index contributed by atoms with van der Waals surface area (Å²) < 4.78 is 5.27. The van der Waals surface area contributed by atoms with Crippen LogP contribution in [0.25, 0.3) is 0 Å². The van der Waals surface area contributed by atoms with Crippen LogP contribution in [0.15, 0.2) is 6.07 Å². The van der Waals surface area contributed by atoms with Crippen molar-refractivity contribution in [3.05, 3.63) is 27.8 Å². The van der Waals surface area contributed by atoms with E-state index in [4.69, 9.17) is 16.3 Å². The molecule has 17 heavy (non-hydrogen) atoms. The summed E-state index contributed by atoms with van der Waals surface area (Å²) in [6.45, 7) is 5.55. The van der Waals surface area contributed by atoms with Crippen molar-refractivity contribution in [3.63, 3.8) is 0 Å². The van der Waals surface area contributed by atoms with E-state index < -0.39 is 0 Å². The van der Waals surface area contributed by atoms with Crippen molar-refractivity contribution in [2.24, 2.45) is 0 Å². The Bertz CT molecular complexity index is 444. The molecule has 0 amide bonds. The van der Waals surface area contributed by atoms with Gasteiger partial charge in [-0.25, -0.2) is 0 Å². The number of ketones is 1. The van der Waals surface area contributed by atoms with Crippen molar-refractivity contribution in [1.29, 1.82) is 0 Å². The van der Waals surface area contributed by atoms with Crippen molar-refractivity contribution in [1.82, 2.24) is 5.32 Å². The fourth-order valence-electron chi connectivity index (χ4n) is 1.74. The molecular formula is C13H18ClNO2. The van der Waals surface area contributed by atoms with Crippen LogP contribution < -0.4 is 10.1 Å². The maximum Gasteiger partial charge on any atom is 0.183 e. The number of carbonyl (C=O) groups is 1. The molecule has 1 N–H and O–H groups in total. The molecule has 1 rings (SSSR count). The lowest BCUT2D eigenvalue weighted by molar-refractivity contribution is 0.0951. The number of halogens is 1. The zero-order chi connectivity index (χ0) is 13.2. The lowest BCUT2D eigenvalue weighted by atomic mass is 9.97. The number of Topliss-reactive ketones (excluding diaryl/α,β-unsaturated/α-hetero) is 1. The highest BCUT2D eigenvalue weighted by atomic mass is 35.5. The smallest absolute Gasteiger partial charge is 0.183 e. The summed E-state index contributed by atoms with van der Waals surface area (Å²) in [4.78, 5) is 12.2. The third-order valence-corrected chi connectivity index (χ3v) is 3.52. The zero-order valence-electron chi connectivity index (χ0n) is 10.8. The van der Waals surface area contributed by atoms with Crippen molar-refractivity contribution in [2.45, 2.75) is 26.8 Å². The molecule has 0 aliphatic carbocycles. The number of hydrogen-bond acceptors (Lipinski definition) is 3. The van der Waals surface area contributed by atoms with E-state index in [2.05, 4.69) is 5.32 Å². The van der Waals surface area contributed by atoms with Gasteiger partial charge in [-0.2, -0.15) is 0 Å². The monoisotopic (exact) mass is 255 g/mol. The van der Waals surface area contributed by atoms with E-state index >= 15 is 0 Å². The topological polar surface area (TPSA) is 38.3 Å². The van der Waals surface area contributed by atoms with E-state index in [1.165, 1.54) is 0 Å². The Morgan fingerprint density at radius 2 is 2.06 bits per heavy atom. The van der Waals surface area contributed by atoms with Crippen molar-refractivity contribution in [3.8, 4) is 5.75 Å². The molecule has 0 aromatic heterocycles. The van der Waals surface area contributed by atoms with Gasteiger partial charge in [-0.3, -0.25) is 4.79 Å². The fraction of sp³-hybridized carbons (Fsp3) is 0.462. The van der Waals surface area contributed by atoms with Crippen LogP contribution in [0.2, 0.25) is 5.02 Å². The molecule has 1 aromatic carbocycles. The first kappa shape index (κ1) is 14.0. The van der Waals surface area contributed by atoms with E-state index in [1.807, 2.05) is 20.8 Å². The summed E-state index contributed by atoms with van der Waals surface area (Å²) in [5, 5.41) is 3.55. The Labute approximate surface area is 107 Å². The van der Waals surface area contributed by atoms with Gasteiger partial charge in [0.15, 0.2) is 5.78 Å². The third-order valence-electron chi connectivity index (χ3n) is 2.94. The van der Waals surface area contributed by atoms with Crippen LogP contribution in [-0.2, 0) is 0 Å². The second-order valence-electron chi connectivity index (χ2n) is 4.08. The van der Waals surface area contributed by atoms with E-state index in [0.29, 0.717) is 16.3 Å². The molecule has 4 heteroatoms. The molecule has 94 valence electrons. The summed E-state index contributed by atoms with van der Waals surface area (Å²) in [6.07, 6.45) is 0. The van der Waals surface area contributed by atoms with Gasteiger partial charge in [-0.15, -0.1) is 0 Å². The van der Waals surface area contributed by atoms with Crippen molar-refractivity contribution < 1.29 is 9.53 Å². The predicted molar refractivity (Wildman–Crippen MR) is 70.3 cm³/mol. The van der Waals surface area contributed by atoms with E-state index in [0.717, 1.165) is 11.1 Å². The fourth-order valence-corrected chi connectivity index (χ4v) is 1.89. The number of rotatable bonds is 4. The van der Waals surface area contributed by atoms with Crippen LogP contribution in [0, 0.1) is 13.8 Å². The van der Waals surface area contributed by atoms with Crippen LogP contribution in [0.5, 0.6) is 5.75 Å². The molecule has 0 fully saturated rings. The van der Waals surface area contributed by atoms with E-state index in [1.54, 1.807) is 20.2 Å². The minimum absolute atomic E-state index is 0.0104. The Kier molecular flexibility index (Phi) is 4.54. The average Bonchev–Trinajstić information content (AvgIpc) is 2.33. The predicted octanol–water partition coefficient (Wildman–Crippen LogP) is 2.76. The number of ether oxygens (including phenoxy) is 1. The number of methoxy groups -OCH3 is 1. The summed E-state index contributed by atoms with van der Waals surface area (Å²) in [7, 11) is 3.31. The van der Waals surface area contributed by atoms with Crippen molar-refractivity contribution >= 4 is 17.4 Å². The quantitative estimate of drug-likeness (QED) is 0.841. The number of carbonyl (C=O) groups excluding carboxylic acids is 1. The van der Waals surface area contributed by atoms with Gasteiger partial charge in [0.25, 0.3) is 0 Å². The minimum Gasteiger partial charge on any atom is -0.496 e. The molecule has 0 bridgehead atoms. The van der Waals surface area contributed by atoms with Gasteiger partial charge in [0.05, 0.1) is 18.7 Å². The number of hydrogen-bond donors (Lipinski definition) is 1. The maximum atomic E-state index is 12.2. The number of likely N-dealkylation sites (N-methyl/N-ethyl adjacent to an activating group) is 1. The van der Waals surface area contributed by atoms with Gasteiger partial charge >= 0.3 is 0 Å². The van der Waals surface area contributed by atoms with E-state index in [-0.39, 0.29) is 11.8 Å². The molecule has 1 unspecified atom stereocenters. The molecule has 0 aliphatic heterocycles. The van der Waals surface area contributed by atoms with Gasteiger partial charge in [0, 0.05) is 5.02 Å². The van der Waals surface area contributed by atoms with E-state index in [9.17, 15) is 4.79 Å². The second kappa shape index (κ2) is 5.52. The standard InChI is InChI=1S/C13H18ClNO2/c1-7-6-10(17-5)11(8(2)12(7)14)13(16)9(3)15-4/h6,9,15H,1-5H3. The van der Waals surface area contributed by atoms with Gasteiger partial charge in [0.2, 0.25) is 0 Å². The number of nitrogens with one attached hydrogen (secondary N) is 1. The van der Waals surface area contributed by atoms with Crippen molar-refractivity contribution in [2.75, 3.05) is 14.2 Å². The van der Waals surface area contributed by atoms with Gasteiger partial charge < -0.3 is 10.1 Å². The molecule has 0 spiro atoms. The lowest BCUT2D eigenvalue weighted by Gasteiger charge is -2.17. The molecule has 0 saturated heterocycles. The molecule has 1 aromatic rings. The Balaban J connectivity index is 3.41. The highest BCUT2D eigenvalue weighted by molar-refractivity contribution is 6.32. The molecule has 0 heterocycles. The molecule has 0 saturated carbocycles. The van der Waals surface area contributed by atoms with Gasteiger partial charge in [-0.05, 0) is 45.0 Å². The largest absolute Gasteiger partial charge is 0.496 e. The highest BCUT2D eigenvalue weighted by Gasteiger charge is 2.22. The zero-order valence-corrected chi connectivity index (χ0v) is 11.6. The first-order valence-electron chi connectivity index (χ1n) is 5.49. The Hall–Kier alpha value is -1.06. The van der Waals surface area contributed by atoms with Crippen LogP contribution in [0.3, 0.4) is 0 Å². The minimum atomic E-state index is -0.263. The third kappa shape index (κ3) is 2.61. The Morgan fingerprint density at radius 1 is 1.47 bits per heavy atom. The molecule has 0 radical (unpaired) electrons. The average molecular weight is 256 g/mol. The van der Waals surface area contributed by atoms with Crippen LogP contribution in [-0.4, -0.2) is 26.0 Å². The Morgan fingerprint density at radius 3 is 2.53 bits per heavy atom. The maximum absolute atomic E-state index is 12.2. The molecule has 0 aliphatic rings. The van der Waals surface area contributed by atoms with Crippen LogP contribution in [0.1, 0.15) is 28.4 Å². The first-order valence-corrected chi connectivity index (χ1v) is 5.87. The summed E-state index contributed by atoms with van der Waals surface area (Å²) >= 11 is 6.18. The second-order valence-corrected chi connectivity index (χ2v) is 4.46. The van der Waals surface area contributed by atoms with Crippen LogP contribution in [0.4, 0.5) is 0 Å². The number of aryl methyl sites for hydroxylation is 1. The molecular weight excluding hydrogens is 238 g/mol. The number of benzene rings is 1. The van der Waals surface area contributed by atoms with Gasteiger partial charge in [-0.1, -0.05) is 11.6 Å². The van der Waals surface area contributed by atoms with Gasteiger partial charge in [0.1, 0.15) is 5.75 Å².